The number of benzene rings is 1. The fourth-order valence-electron chi connectivity index (χ4n) is 3.02. The number of nitrogens with two attached hydrogens (primary N) is 1. The second-order valence-corrected chi connectivity index (χ2v) is 6.78. The highest BCUT2D eigenvalue weighted by Crippen LogP contribution is 2.36. The summed E-state index contributed by atoms with van der Waals surface area (Å²) in [6.07, 6.45) is 4.96. The summed E-state index contributed by atoms with van der Waals surface area (Å²) in [7, 11) is 0. The first-order valence-electron chi connectivity index (χ1n) is 8.01. The van der Waals surface area contributed by atoms with Crippen molar-refractivity contribution in [2.75, 3.05) is 13.3 Å². The van der Waals surface area contributed by atoms with Crippen molar-refractivity contribution in [3.8, 4) is 11.5 Å². The molecule has 0 spiro atoms. The van der Waals surface area contributed by atoms with E-state index in [2.05, 4.69) is 30.2 Å². The molecule has 5 heteroatoms. The summed E-state index contributed by atoms with van der Waals surface area (Å²) in [5.41, 5.74) is 7.09. The summed E-state index contributed by atoms with van der Waals surface area (Å²) in [6, 6.07) is 6.57. The molecule has 0 aromatic heterocycles. The van der Waals surface area contributed by atoms with E-state index in [0.717, 1.165) is 11.5 Å². The monoisotopic (exact) mass is 303 g/mol. The van der Waals surface area contributed by atoms with Gasteiger partial charge in [-0.05, 0) is 30.5 Å². The van der Waals surface area contributed by atoms with Crippen LogP contribution in [-0.2, 0) is 5.41 Å². The van der Waals surface area contributed by atoms with Crippen LogP contribution in [0.1, 0.15) is 45.1 Å². The Balaban J connectivity index is 1.64. The molecule has 3 rings (SSSR count). The highest BCUT2D eigenvalue weighted by molar-refractivity contribution is 5.78. The third-order valence-corrected chi connectivity index (χ3v) is 4.51. The Labute approximate surface area is 131 Å². The first-order valence-corrected chi connectivity index (χ1v) is 8.01. The number of ether oxygens (including phenoxy) is 2. The lowest BCUT2D eigenvalue weighted by atomic mass is 9.84. The minimum Gasteiger partial charge on any atom is -0.454 e. The zero-order valence-corrected chi connectivity index (χ0v) is 13.4. The van der Waals surface area contributed by atoms with Crippen molar-refractivity contribution < 1.29 is 9.47 Å². The van der Waals surface area contributed by atoms with Crippen LogP contribution < -0.4 is 20.5 Å². The maximum atomic E-state index is 6.02. The van der Waals surface area contributed by atoms with E-state index < -0.39 is 0 Å². The van der Waals surface area contributed by atoms with Crippen molar-refractivity contribution in [1.29, 1.82) is 0 Å². The molecular weight excluding hydrogens is 278 g/mol. The van der Waals surface area contributed by atoms with Crippen LogP contribution >= 0.6 is 0 Å². The van der Waals surface area contributed by atoms with Crippen molar-refractivity contribution in [2.45, 2.75) is 51.0 Å². The van der Waals surface area contributed by atoms with Crippen molar-refractivity contribution in [2.24, 2.45) is 10.7 Å². The van der Waals surface area contributed by atoms with E-state index in [9.17, 15) is 0 Å². The van der Waals surface area contributed by atoms with E-state index in [0.29, 0.717) is 25.3 Å². The molecule has 1 aromatic carbocycles. The van der Waals surface area contributed by atoms with Crippen LogP contribution in [0.15, 0.2) is 23.2 Å². The molecule has 0 saturated heterocycles. The molecule has 5 nitrogen and oxygen atoms in total. The smallest absolute Gasteiger partial charge is 0.231 e. The molecule has 1 fully saturated rings. The maximum Gasteiger partial charge on any atom is 0.231 e. The Morgan fingerprint density at radius 2 is 2.00 bits per heavy atom. The number of nitrogens with one attached hydrogen (secondary N) is 1. The number of guanidine groups is 1. The van der Waals surface area contributed by atoms with Gasteiger partial charge in [0.1, 0.15) is 0 Å². The molecular formula is C17H25N3O2. The van der Waals surface area contributed by atoms with E-state index in [4.69, 9.17) is 15.2 Å². The molecule has 1 aliphatic carbocycles. The van der Waals surface area contributed by atoms with E-state index in [-0.39, 0.29) is 5.41 Å². The second-order valence-electron chi connectivity index (χ2n) is 6.78. The van der Waals surface area contributed by atoms with Crippen molar-refractivity contribution >= 4 is 5.96 Å². The lowest BCUT2D eigenvalue weighted by Gasteiger charge is -2.24. The number of rotatable bonds is 4. The topological polar surface area (TPSA) is 68.9 Å². The minimum atomic E-state index is -0.108. The molecule has 22 heavy (non-hydrogen) atoms. The number of hydrogen-bond acceptors (Lipinski definition) is 3. The minimum absolute atomic E-state index is 0.108. The molecule has 120 valence electrons. The van der Waals surface area contributed by atoms with Gasteiger partial charge in [0.05, 0.1) is 6.54 Å². The molecule has 0 bridgehead atoms. The highest BCUT2D eigenvalue weighted by atomic mass is 16.7. The van der Waals surface area contributed by atoms with Gasteiger partial charge >= 0.3 is 0 Å². The molecule has 0 radical (unpaired) electrons. The quantitative estimate of drug-likeness (QED) is 0.662. The van der Waals surface area contributed by atoms with Gasteiger partial charge in [0.15, 0.2) is 17.5 Å². The Morgan fingerprint density at radius 1 is 1.27 bits per heavy atom. The molecule has 0 amide bonds. The average Bonchev–Trinajstić information content (AvgIpc) is 3.15. The number of nitrogens with zero attached hydrogens (tertiary/aromatic N) is 1. The second kappa shape index (κ2) is 6.07. The van der Waals surface area contributed by atoms with Crippen LogP contribution in [0.4, 0.5) is 0 Å². The SMILES string of the molecule is CC(C)(CN=C(N)NC1CCCC1)c1ccc2c(c1)OCO2. The van der Waals surface area contributed by atoms with Gasteiger partial charge in [0, 0.05) is 11.5 Å². The maximum absolute atomic E-state index is 6.02. The largest absolute Gasteiger partial charge is 0.454 e. The normalized spacial score (nSPS) is 18.7. The van der Waals surface area contributed by atoms with Gasteiger partial charge in [-0.3, -0.25) is 4.99 Å². The van der Waals surface area contributed by atoms with Gasteiger partial charge < -0.3 is 20.5 Å². The molecule has 2 aliphatic rings. The van der Waals surface area contributed by atoms with E-state index in [1.54, 1.807) is 0 Å². The van der Waals surface area contributed by atoms with Gasteiger partial charge in [-0.2, -0.15) is 0 Å². The van der Waals surface area contributed by atoms with Crippen LogP contribution in [0.5, 0.6) is 11.5 Å². The standard InChI is InChI=1S/C17H25N3O2/c1-17(2,10-19-16(18)20-13-5-3-4-6-13)12-7-8-14-15(9-12)22-11-21-14/h7-9,13H,3-6,10-11H2,1-2H3,(H3,18,19,20). The predicted octanol–water partition coefficient (Wildman–Crippen LogP) is 2.54. The fourth-order valence-corrected chi connectivity index (χ4v) is 3.02. The highest BCUT2D eigenvalue weighted by Gasteiger charge is 2.24. The fraction of sp³-hybridized carbons (Fsp3) is 0.588. The van der Waals surface area contributed by atoms with E-state index in [1.807, 2.05) is 12.1 Å². The van der Waals surface area contributed by atoms with Gasteiger partial charge in [-0.25, -0.2) is 0 Å². The predicted molar refractivity (Wildman–Crippen MR) is 87.5 cm³/mol. The number of fused-ring (bicyclic) bond motifs is 1. The molecule has 3 N–H and O–H groups in total. The summed E-state index contributed by atoms with van der Waals surface area (Å²) < 4.78 is 10.8. The Kier molecular flexibility index (Phi) is 4.14. The molecule has 1 aliphatic heterocycles. The van der Waals surface area contributed by atoms with Crippen molar-refractivity contribution in [3.63, 3.8) is 0 Å². The zero-order valence-electron chi connectivity index (χ0n) is 13.4. The van der Waals surface area contributed by atoms with Gasteiger partial charge in [0.2, 0.25) is 6.79 Å². The van der Waals surface area contributed by atoms with Crippen molar-refractivity contribution in [3.05, 3.63) is 23.8 Å². The summed E-state index contributed by atoms with van der Waals surface area (Å²) in [4.78, 5) is 4.54. The first kappa shape index (κ1) is 15.0. The van der Waals surface area contributed by atoms with Crippen LogP contribution in [-0.4, -0.2) is 25.3 Å². The van der Waals surface area contributed by atoms with Crippen LogP contribution in [0.3, 0.4) is 0 Å². The van der Waals surface area contributed by atoms with Crippen LogP contribution in [0.2, 0.25) is 0 Å². The molecule has 0 unspecified atom stereocenters. The average molecular weight is 303 g/mol. The van der Waals surface area contributed by atoms with E-state index in [1.165, 1.54) is 31.2 Å². The first-order chi connectivity index (χ1) is 10.5. The van der Waals surface area contributed by atoms with Gasteiger partial charge in [0.25, 0.3) is 0 Å². The molecule has 1 aromatic rings. The van der Waals surface area contributed by atoms with Gasteiger partial charge in [-0.1, -0.05) is 32.8 Å². The van der Waals surface area contributed by atoms with E-state index >= 15 is 0 Å². The number of aliphatic imine (C=N–C) groups is 1. The Morgan fingerprint density at radius 3 is 2.77 bits per heavy atom. The molecule has 0 atom stereocenters. The van der Waals surface area contributed by atoms with Gasteiger partial charge in [-0.15, -0.1) is 0 Å². The third-order valence-electron chi connectivity index (χ3n) is 4.51. The summed E-state index contributed by atoms with van der Waals surface area (Å²) >= 11 is 0. The van der Waals surface area contributed by atoms with Crippen LogP contribution in [0, 0.1) is 0 Å². The van der Waals surface area contributed by atoms with Crippen molar-refractivity contribution in [1.82, 2.24) is 5.32 Å². The summed E-state index contributed by atoms with van der Waals surface area (Å²) in [5, 5.41) is 3.33. The Hall–Kier alpha value is -1.91. The molecule has 1 heterocycles. The van der Waals surface area contributed by atoms with Crippen LogP contribution in [0.25, 0.3) is 0 Å². The summed E-state index contributed by atoms with van der Waals surface area (Å²) in [6.45, 7) is 5.27. The Bertz CT molecular complexity index is 563. The third kappa shape index (κ3) is 3.29. The summed E-state index contributed by atoms with van der Waals surface area (Å²) in [5.74, 6) is 2.18. The zero-order chi connectivity index (χ0) is 15.6. The number of hydrogen-bond donors (Lipinski definition) is 2. The molecule has 1 saturated carbocycles. The lowest BCUT2D eigenvalue weighted by Crippen LogP contribution is -2.39. The lowest BCUT2D eigenvalue weighted by molar-refractivity contribution is 0.174.